The summed E-state index contributed by atoms with van der Waals surface area (Å²) in [6.07, 6.45) is -0.313. The molecule has 0 saturated heterocycles. The molecule has 1 aromatic rings. The predicted molar refractivity (Wildman–Crippen MR) is 81.9 cm³/mol. The van der Waals surface area contributed by atoms with Crippen molar-refractivity contribution < 1.29 is 18.7 Å². The number of amides is 2. The van der Waals surface area contributed by atoms with Crippen molar-refractivity contribution in [2.75, 3.05) is 11.9 Å². The summed E-state index contributed by atoms with van der Waals surface area (Å²) in [7, 11) is 0. The summed E-state index contributed by atoms with van der Waals surface area (Å²) in [4.78, 5) is 22.9. The van der Waals surface area contributed by atoms with Gasteiger partial charge in [-0.2, -0.15) is 0 Å². The fourth-order valence-corrected chi connectivity index (χ4v) is 1.70. The summed E-state index contributed by atoms with van der Waals surface area (Å²) in [5.74, 6) is -1.00. The Balaban J connectivity index is 2.48. The standard InChI is InChI=1S/C15H22FN3O3/c1-15(2,3)22-14(21)18-8-7-12(13(17)20)19-11-6-4-5-10(16)9-11/h4-6,9,12,19H,7-8H2,1-3H3,(H2,17,20)(H,18,21). The fourth-order valence-electron chi connectivity index (χ4n) is 1.70. The van der Waals surface area contributed by atoms with Crippen LogP contribution in [-0.2, 0) is 9.53 Å². The summed E-state index contributed by atoms with van der Waals surface area (Å²) >= 11 is 0. The molecule has 1 rings (SSSR count). The highest BCUT2D eigenvalue weighted by molar-refractivity contribution is 5.83. The molecule has 2 amide bonds. The number of primary amides is 1. The highest BCUT2D eigenvalue weighted by Gasteiger charge is 2.18. The molecule has 122 valence electrons. The molecule has 0 heterocycles. The van der Waals surface area contributed by atoms with Crippen LogP contribution in [0.3, 0.4) is 0 Å². The molecule has 22 heavy (non-hydrogen) atoms. The zero-order valence-corrected chi connectivity index (χ0v) is 13.0. The molecule has 7 heteroatoms. The minimum atomic E-state index is -0.725. The van der Waals surface area contributed by atoms with Crippen molar-refractivity contribution in [3.05, 3.63) is 30.1 Å². The van der Waals surface area contributed by atoms with E-state index in [2.05, 4.69) is 10.6 Å². The molecule has 0 aliphatic carbocycles. The number of carbonyl (C=O) groups excluding carboxylic acids is 2. The van der Waals surface area contributed by atoms with E-state index >= 15 is 0 Å². The Hall–Kier alpha value is -2.31. The van der Waals surface area contributed by atoms with Crippen LogP contribution in [0.15, 0.2) is 24.3 Å². The highest BCUT2D eigenvalue weighted by Crippen LogP contribution is 2.12. The first kappa shape index (κ1) is 17.7. The molecule has 0 radical (unpaired) electrons. The monoisotopic (exact) mass is 311 g/mol. The quantitative estimate of drug-likeness (QED) is 0.749. The van der Waals surface area contributed by atoms with Gasteiger partial charge in [0.15, 0.2) is 0 Å². The number of halogens is 1. The lowest BCUT2D eigenvalue weighted by atomic mass is 10.1. The van der Waals surface area contributed by atoms with Gasteiger partial charge in [-0.3, -0.25) is 4.79 Å². The Bertz CT molecular complexity index is 529. The molecule has 1 unspecified atom stereocenters. The van der Waals surface area contributed by atoms with Gasteiger partial charge in [0.25, 0.3) is 0 Å². The molecule has 1 atom stereocenters. The normalized spacial score (nSPS) is 12.4. The molecular formula is C15H22FN3O3. The number of anilines is 1. The summed E-state index contributed by atoms with van der Waals surface area (Å²) in [6, 6.07) is 4.98. The first-order valence-electron chi connectivity index (χ1n) is 6.95. The Kier molecular flexibility index (Phi) is 6.15. The van der Waals surface area contributed by atoms with E-state index in [0.717, 1.165) is 0 Å². The molecular weight excluding hydrogens is 289 g/mol. The van der Waals surface area contributed by atoms with Gasteiger partial charge >= 0.3 is 6.09 Å². The first-order valence-corrected chi connectivity index (χ1v) is 6.95. The SMILES string of the molecule is CC(C)(C)OC(=O)NCCC(Nc1cccc(F)c1)C(N)=O. The van der Waals surface area contributed by atoms with E-state index in [4.69, 9.17) is 10.5 Å². The lowest BCUT2D eigenvalue weighted by Crippen LogP contribution is -2.40. The van der Waals surface area contributed by atoms with Gasteiger partial charge in [-0.05, 0) is 45.4 Å². The van der Waals surface area contributed by atoms with Crippen molar-refractivity contribution in [3.63, 3.8) is 0 Å². The Labute approximate surface area is 129 Å². The van der Waals surface area contributed by atoms with Crippen molar-refractivity contribution in [2.24, 2.45) is 5.73 Å². The zero-order valence-electron chi connectivity index (χ0n) is 13.0. The van der Waals surface area contributed by atoms with Crippen LogP contribution in [-0.4, -0.2) is 30.2 Å². The molecule has 0 bridgehead atoms. The van der Waals surface area contributed by atoms with E-state index in [0.29, 0.717) is 5.69 Å². The number of alkyl carbamates (subject to hydrolysis) is 1. The number of nitrogens with two attached hydrogens (primary N) is 1. The number of ether oxygens (including phenoxy) is 1. The molecule has 0 aliphatic heterocycles. The van der Waals surface area contributed by atoms with Crippen LogP contribution in [0.4, 0.5) is 14.9 Å². The third-order valence-corrected chi connectivity index (χ3v) is 2.61. The fraction of sp³-hybridized carbons (Fsp3) is 0.467. The average Bonchev–Trinajstić information content (AvgIpc) is 2.35. The Morgan fingerprint density at radius 3 is 2.59 bits per heavy atom. The lowest BCUT2D eigenvalue weighted by molar-refractivity contribution is -0.118. The molecule has 0 aromatic heterocycles. The number of hydrogen-bond acceptors (Lipinski definition) is 4. The van der Waals surface area contributed by atoms with E-state index in [9.17, 15) is 14.0 Å². The van der Waals surface area contributed by atoms with Gasteiger partial charge in [0, 0.05) is 12.2 Å². The van der Waals surface area contributed by atoms with Gasteiger partial charge in [0.2, 0.25) is 5.91 Å². The van der Waals surface area contributed by atoms with Crippen molar-refractivity contribution in [1.82, 2.24) is 5.32 Å². The highest BCUT2D eigenvalue weighted by atomic mass is 19.1. The topological polar surface area (TPSA) is 93.4 Å². The van der Waals surface area contributed by atoms with Gasteiger partial charge in [-0.15, -0.1) is 0 Å². The maximum Gasteiger partial charge on any atom is 0.407 e. The van der Waals surface area contributed by atoms with Crippen molar-refractivity contribution in [2.45, 2.75) is 38.8 Å². The third kappa shape index (κ3) is 6.92. The van der Waals surface area contributed by atoms with Crippen LogP contribution in [0.25, 0.3) is 0 Å². The maximum absolute atomic E-state index is 13.1. The molecule has 0 aliphatic rings. The van der Waals surface area contributed by atoms with Gasteiger partial charge in [-0.25, -0.2) is 9.18 Å². The second-order valence-electron chi connectivity index (χ2n) is 5.83. The molecule has 4 N–H and O–H groups in total. The van der Waals surface area contributed by atoms with E-state index in [1.807, 2.05) is 0 Å². The van der Waals surface area contributed by atoms with E-state index in [-0.39, 0.29) is 13.0 Å². The Morgan fingerprint density at radius 1 is 1.36 bits per heavy atom. The second-order valence-corrected chi connectivity index (χ2v) is 5.83. The van der Waals surface area contributed by atoms with E-state index in [1.165, 1.54) is 18.2 Å². The van der Waals surface area contributed by atoms with Crippen molar-refractivity contribution in [3.8, 4) is 0 Å². The smallest absolute Gasteiger partial charge is 0.407 e. The van der Waals surface area contributed by atoms with Crippen molar-refractivity contribution in [1.29, 1.82) is 0 Å². The van der Waals surface area contributed by atoms with Crippen LogP contribution in [0.2, 0.25) is 0 Å². The molecule has 0 saturated carbocycles. The van der Waals surface area contributed by atoms with Crippen LogP contribution < -0.4 is 16.4 Å². The van der Waals surface area contributed by atoms with Gasteiger partial charge in [0.1, 0.15) is 17.5 Å². The van der Waals surface area contributed by atoms with E-state index in [1.54, 1.807) is 26.8 Å². The average molecular weight is 311 g/mol. The molecule has 0 spiro atoms. The molecule has 6 nitrogen and oxygen atoms in total. The number of hydrogen-bond donors (Lipinski definition) is 3. The molecule has 0 fully saturated rings. The summed E-state index contributed by atoms with van der Waals surface area (Å²) < 4.78 is 18.2. The summed E-state index contributed by atoms with van der Waals surface area (Å²) in [6.45, 7) is 5.46. The van der Waals surface area contributed by atoms with Crippen LogP contribution in [0, 0.1) is 5.82 Å². The van der Waals surface area contributed by atoms with Gasteiger partial charge in [-0.1, -0.05) is 6.07 Å². The first-order chi connectivity index (χ1) is 10.2. The Morgan fingerprint density at radius 2 is 2.05 bits per heavy atom. The number of carbonyl (C=O) groups is 2. The van der Waals surface area contributed by atoms with Crippen LogP contribution >= 0.6 is 0 Å². The van der Waals surface area contributed by atoms with Crippen LogP contribution in [0.5, 0.6) is 0 Å². The third-order valence-electron chi connectivity index (χ3n) is 2.61. The van der Waals surface area contributed by atoms with E-state index < -0.39 is 29.5 Å². The number of benzene rings is 1. The second kappa shape index (κ2) is 7.63. The summed E-state index contributed by atoms with van der Waals surface area (Å²) in [5, 5.41) is 5.37. The predicted octanol–water partition coefficient (Wildman–Crippen LogP) is 2.01. The largest absolute Gasteiger partial charge is 0.444 e. The number of rotatable bonds is 6. The summed E-state index contributed by atoms with van der Waals surface area (Å²) in [5.41, 5.74) is 5.16. The minimum Gasteiger partial charge on any atom is -0.444 e. The van der Waals surface area contributed by atoms with Gasteiger partial charge in [0.05, 0.1) is 0 Å². The van der Waals surface area contributed by atoms with Crippen molar-refractivity contribution >= 4 is 17.7 Å². The lowest BCUT2D eigenvalue weighted by Gasteiger charge is -2.21. The molecule has 1 aromatic carbocycles. The minimum absolute atomic E-state index is 0.199. The van der Waals surface area contributed by atoms with Gasteiger partial charge < -0.3 is 21.1 Å². The zero-order chi connectivity index (χ0) is 16.8. The number of nitrogens with one attached hydrogen (secondary N) is 2. The van der Waals surface area contributed by atoms with Crippen LogP contribution in [0.1, 0.15) is 27.2 Å². The maximum atomic E-state index is 13.1.